The van der Waals surface area contributed by atoms with E-state index in [-0.39, 0.29) is 0 Å². The van der Waals surface area contributed by atoms with E-state index in [1.807, 2.05) is 0 Å². The number of nitrogens with one attached hydrogen (secondary N) is 1. The van der Waals surface area contributed by atoms with Gasteiger partial charge in [-0.1, -0.05) is 0 Å². The molecular weight excluding hydrogens is 144 g/mol. The summed E-state index contributed by atoms with van der Waals surface area (Å²) in [5, 5.41) is 9.08. The molecule has 11 heavy (non-hydrogen) atoms. The monoisotopic (exact) mass is 154 g/mol. The van der Waals surface area contributed by atoms with Crippen LogP contribution >= 0.6 is 0 Å². The lowest BCUT2D eigenvalue weighted by Gasteiger charge is -2.03. The molecule has 1 rings (SSSR count). The van der Waals surface area contributed by atoms with Gasteiger partial charge in [0, 0.05) is 6.20 Å². The van der Waals surface area contributed by atoms with E-state index < -0.39 is 6.10 Å². The first kappa shape index (κ1) is 7.90. The van der Waals surface area contributed by atoms with Gasteiger partial charge < -0.3 is 5.11 Å². The van der Waals surface area contributed by atoms with Gasteiger partial charge in [-0.05, 0) is 13.0 Å². The van der Waals surface area contributed by atoms with E-state index in [1.165, 1.54) is 6.20 Å². The molecule has 1 heterocycles. The first-order chi connectivity index (χ1) is 5.24. The molecule has 0 bridgehead atoms. The van der Waals surface area contributed by atoms with Gasteiger partial charge in [0.15, 0.2) is 0 Å². The van der Waals surface area contributed by atoms with Crippen LogP contribution in [0.4, 0.5) is 5.95 Å². The van der Waals surface area contributed by atoms with Gasteiger partial charge >= 0.3 is 0 Å². The van der Waals surface area contributed by atoms with E-state index in [9.17, 15) is 0 Å². The van der Waals surface area contributed by atoms with Gasteiger partial charge in [-0.2, -0.15) is 0 Å². The van der Waals surface area contributed by atoms with Gasteiger partial charge in [0.25, 0.3) is 0 Å². The minimum Gasteiger partial charge on any atom is -0.387 e. The summed E-state index contributed by atoms with van der Waals surface area (Å²) in [6, 6.07) is 1.63. The highest BCUT2D eigenvalue weighted by atomic mass is 16.3. The molecule has 0 saturated heterocycles. The molecule has 0 aromatic carbocycles. The van der Waals surface area contributed by atoms with Crippen LogP contribution in [0.2, 0.25) is 0 Å². The predicted octanol–water partition coefficient (Wildman–Crippen LogP) is -0.184. The van der Waals surface area contributed by atoms with Crippen molar-refractivity contribution in [2.45, 2.75) is 13.0 Å². The molecule has 0 saturated carbocycles. The fourth-order valence-corrected chi connectivity index (χ4v) is 0.675. The van der Waals surface area contributed by atoms with Crippen molar-refractivity contribution in [3.8, 4) is 0 Å². The van der Waals surface area contributed by atoms with Crippen molar-refractivity contribution in [3.63, 3.8) is 0 Å². The number of hydrogen-bond acceptors (Lipinski definition) is 5. The second-order valence-corrected chi connectivity index (χ2v) is 2.13. The van der Waals surface area contributed by atoms with E-state index in [0.29, 0.717) is 11.6 Å². The Morgan fingerprint density at radius 3 is 3.00 bits per heavy atom. The molecule has 0 aliphatic carbocycles. The van der Waals surface area contributed by atoms with E-state index in [4.69, 9.17) is 10.9 Å². The fraction of sp³-hybridized carbons (Fsp3) is 0.333. The zero-order chi connectivity index (χ0) is 8.27. The lowest BCUT2D eigenvalue weighted by molar-refractivity contribution is 0.194. The molecule has 0 aliphatic heterocycles. The van der Waals surface area contributed by atoms with E-state index >= 15 is 0 Å². The highest BCUT2D eigenvalue weighted by molar-refractivity contribution is 5.23. The largest absolute Gasteiger partial charge is 0.387 e. The Labute approximate surface area is 64.3 Å². The maximum Gasteiger partial charge on any atom is 0.237 e. The first-order valence-electron chi connectivity index (χ1n) is 3.21. The minimum atomic E-state index is -0.593. The minimum absolute atomic E-state index is 0.309. The Bertz CT molecular complexity index is 238. The fourth-order valence-electron chi connectivity index (χ4n) is 0.675. The standard InChI is InChI=1S/C6H10N4O/c1-4(11)5-2-3-8-6(9-5)10-7/h2-4,11H,7H2,1H3,(H,8,9,10). The Morgan fingerprint density at radius 2 is 2.45 bits per heavy atom. The highest BCUT2D eigenvalue weighted by Crippen LogP contribution is 2.08. The average Bonchev–Trinajstić information content (AvgIpc) is 2.05. The summed E-state index contributed by atoms with van der Waals surface area (Å²) in [6.07, 6.45) is 0.939. The second kappa shape index (κ2) is 3.27. The van der Waals surface area contributed by atoms with Gasteiger partial charge in [-0.25, -0.2) is 15.8 Å². The van der Waals surface area contributed by atoms with Crippen LogP contribution in [-0.4, -0.2) is 15.1 Å². The quantitative estimate of drug-likeness (QED) is 0.406. The van der Waals surface area contributed by atoms with Crippen molar-refractivity contribution in [2.24, 2.45) is 5.84 Å². The third-order valence-electron chi connectivity index (χ3n) is 1.23. The van der Waals surface area contributed by atoms with Crippen LogP contribution in [0.5, 0.6) is 0 Å². The number of aliphatic hydroxyl groups excluding tert-OH is 1. The third kappa shape index (κ3) is 1.86. The van der Waals surface area contributed by atoms with Crippen LogP contribution in [0.25, 0.3) is 0 Å². The number of nitrogens with zero attached hydrogens (tertiary/aromatic N) is 2. The summed E-state index contributed by atoms with van der Waals surface area (Å²) in [4.78, 5) is 7.68. The molecule has 4 N–H and O–H groups in total. The molecule has 5 heteroatoms. The van der Waals surface area contributed by atoms with Gasteiger partial charge in [-0.3, -0.25) is 5.43 Å². The topological polar surface area (TPSA) is 84.1 Å². The molecule has 1 unspecified atom stereocenters. The summed E-state index contributed by atoms with van der Waals surface area (Å²) < 4.78 is 0. The number of aliphatic hydroxyl groups is 1. The zero-order valence-electron chi connectivity index (χ0n) is 6.15. The van der Waals surface area contributed by atoms with Gasteiger partial charge in [-0.15, -0.1) is 0 Å². The molecule has 1 aromatic rings. The van der Waals surface area contributed by atoms with Crippen molar-refractivity contribution in [1.29, 1.82) is 0 Å². The van der Waals surface area contributed by atoms with Crippen LogP contribution in [-0.2, 0) is 0 Å². The van der Waals surface area contributed by atoms with Crippen LogP contribution in [0.15, 0.2) is 12.3 Å². The van der Waals surface area contributed by atoms with Crippen LogP contribution in [0, 0.1) is 0 Å². The van der Waals surface area contributed by atoms with E-state index in [0.717, 1.165) is 0 Å². The Hall–Kier alpha value is -1.20. The lowest BCUT2D eigenvalue weighted by atomic mass is 10.3. The molecule has 0 radical (unpaired) electrons. The van der Waals surface area contributed by atoms with Crippen molar-refractivity contribution < 1.29 is 5.11 Å². The average molecular weight is 154 g/mol. The van der Waals surface area contributed by atoms with Gasteiger partial charge in [0.2, 0.25) is 5.95 Å². The molecule has 1 aromatic heterocycles. The molecular formula is C6H10N4O. The Balaban J connectivity index is 2.91. The van der Waals surface area contributed by atoms with Crippen molar-refractivity contribution in [2.75, 3.05) is 5.43 Å². The maximum absolute atomic E-state index is 9.08. The smallest absolute Gasteiger partial charge is 0.237 e. The number of hydrogen-bond donors (Lipinski definition) is 3. The molecule has 5 nitrogen and oxygen atoms in total. The van der Waals surface area contributed by atoms with Gasteiger partial charge in [0.05, 0.1) is 11.8 Å². The molecule has 60 valence electrons. The van der Waals surface area contributed by atoms with Crippen molar-refractivity contribution in [3.05, 3.63) is 18.0 Å². The van der Waals surface area contributed by atoms with Crippen LogP contribution < -0.4 is 11.3 Å². The maximum atomic E-state index is 9.08. The molecule has 0 amide bonds. The molecule has 1 atom stereocenters. The Morgan fingerprint density at radius 1 is 1.73 bits per heavy atom. The highest BCUT2D eigenvalue weighted by Gasteiger charge is 2.02. The van der Waals surface area contributed by atoms with Crippen molar-refractivity contribution in [1.82, 2.24) is 9.97 Å². The number of aromatic nitrogens is 2. The number of rotatable bonds is 2. The summed E-state index contributed by atoms with van der Waals surface area (Å²) in [5.74, 6) is 5.37. The van der Waals surface area contributed by atoms with Crippen LogP contribution in [0.3, 0.4) is 0 Å². The molecule has 0 aliphatic rings. The van der Waals surface area contributed by atoms with Crippen molar-refractivity contribution >= 4 is 5.95 Å². The van der Waals surface area contributed by atoms with Crippen LogP contribution in [0.1, 0.15) is 18.7 Å². The Kier molecular flexibility index (Phi) is 2.35. The second-order valence-electron chi connectivity index (χ2n) is 2.13. The normalized spacial score (nSPS) is 12.6. The summed E-state index contributed by atoms with van der Waals surface area (Å²) in [5.41, 5.74) is 2.84. The summed E-state index contributed by atoms with van der Waals surface area (Å²) in [6.45, 7) is 1.63. The number of anilines is 1. The number of nitrogen functional groups attached to an aromatic ring is 1. The zero-order valence-corrected chi connectivity index (χ0v) is 6.15. The molecule has 0 fully saturated rings. The molecule has 0 spiro atoms. The summed E-state index contributed by atoms with van der Waals surface area (Å²) in [7, 11) is 0. The number of nitrogens with two attached hydrogens (primary N) is 1. The first-order valence-corrected chi connectivity index (χ1v) is 3.21. The van der Waals surface area contributed by atoms with E-state index in [2.05, 4.69) is 15.4 Å². The number of hydrazine groups is 1. The SMILES string of the molecule is CC(O)c1ccnc(NN)n1. The van der Waals surface area contributed by atoms with E-state index in [1.54, 1.807) is 13.0 Å². The predicted molar refractivity (Wildman–Crippen MR) is 40.5 cm³/mol. The summed E-state index contributed by atoms with van der Waals surface area (Å²) >= 11 is 0. The lowest BCUT2D eigenvalue weighted by Crippen LogP contribution is -2.11. The third-order valence-corrected chi connectivity index (χ3v) is 1.23. The van der Waals surface area contributed by atoms with Gasteiger partial charge in [0.1, 0.15) is 0 Å².